The number of hydrogen-bond acceptors (Lipinski definition) is 6. The fourth-order valence-electron chi connectivity index (χ4n) is 4.05. The molecule has 0 fully saturated rings. The summed E-state index contributed by atoms with van der Waals surface area (Å²) in [6.45, 7) is 7.60. The highest BCUT2D eigenvalue weighted by atomic mass is 16.5. The summed E-state index contributed by atoms with van der Waals surface area (Å²) < 4.78 is 21.8. The second-order valence-corrected chi connectivity index (χ2v) is 10.1. The smallest absolute Gasteiger partial charge is 0.304 e. The second-order valence-electron chi connectivity index (χ2n) is 10.1. The Labute approximate surface area is 236 Å². The van der Waals surface area contributed by atoms with E-state index >= 15 is 0 Å². The Hall–Kier alpha value is -4.64. The number of nitrogens with one attached hydrogen (secondary N) is 1. The fraction of sp³-hybridized carbons (Fsp3) is 0.312. The first-order valence-corrected chi connectivity index (χ1v) is 12.7. The van der Waals surface area contributed by atoms with Gasteiger partial charge in [0.05, 0.1) is 34.1 Å². The van der Waals surface area contributed by atoms with E-state index in [4.69, 9.17) is 18.9 Å². The van der Waals surface area contributed by atoms with E-state index in [1.165, 1.54) is 26.2 Å². The average molecular weight is 545 g/mol. The highest BCUT2D eigenvalue weighted by Gasteiger charge is 2.35. The van der Waals surface area contributed by atoms with E-state index in [0.717, 1.165) is 5.56 Å². The monoisotopic (exact) mass is 544 g/mol. The molecule has 1 atom stereocenters. The summed E-state index contributed by atoms with van der Waals surface area (Å²) in [5.74, 6) is 6.36. The third-order valence-electron chi connectivity index (χ3n) is 5.95. The summed E-state index contributed by atoms with van der Waals surface area (Å²) in [5, 5.41) is 3.02. The summed E-state index contributed by atoms with van der Waals surface area (Å²) in [6, 6.07) is 16.7. The molecule has 0 radical (unpaired) electrons. The Morgan fingerprint density at radius 1 is 0.825 bits per heavy atom. The molecule has 0 heterocycles. The first-order chi connectivity index (χ1) is 19.0. The number of aryl methyl sites for hydroxylation is 1. The van der Waals surface area contributed by atoms with Crippen LogP contribution in [-0.2, 0) is 9.59 Å². The molecule has 0 spiro atoms. The quantitative estimate of drug-likeness (QED) is 0.399. The van der Waals surface area contributed by atoms with Gasteiger partial charge in [-0.05, 0) is 57.5 Å². The van der Waals surface area contributed by atoms with Gasteiger partial charge in [0.2, 0.25) is 11.7 Å². The predicted octanol–water partition coefficient (Wildman–Crippen LogP) is 5.07. The molecular weight excluding hydrogens is 508 g/mol. The number of amides is 2. The van der Waals surface area contributed by atoms with Crippen LogP contribution in [-0.4, -0.2) is 45.8 Å². The van der Waals surface area contributed by atoms with Gasteiger partial charge in [0.15, 0.2) is 11.5 Å². The molecule has 0 aliphatic heterocycles. The van der Waals surface area contributed by atoms with E-state index in [1.54, 1.807) is 43.5 Å². The van der Waals surface area contributed by atoms with Crippen molar-refractivity contribution in [3.05, 3.63) is 77.4 Å². The largest absolute Gasteiger partial charge is 0.497 e. The number of benzene rings is 3. The van der Waals surface area contributed by atoms with Gasteiger partial charge in [0.25, 0.3) is 0 Å². The number of ether oxygens (including phenoxy) is 4. The molecule has 0 aliphatic rings. The number of anilines is 1. The predicted molar refractivity (Wildman–Crippen MR) is 155 cm³/mol. The maximum atomic E-state index is 14.0. The number of rotatable bonds is 8. The van der Waals surface area contributed by atoms with Gasteiger partial charge < -0.3 is 24.3 Å². The van der Waals surface area contributed by atoms with Crippen molar-refractivity contribution in [2.45, 2.75) is 39.3 Å². The number of hydrogen-bond donors (Lipinski definition) is 1. The van der Waals surface area contributed by atoms with Gasteiger partial charge in [-0.25, -0.2) is 0 Å². The van der Waals surface area contributed by atoms with Crippen LogP contribution in [0.4, 0.5) is 5.69 Å². The van der Waals surface area contributed by atoms with Crippen molar-refractivity contribution in [1.82, 2.24) is 5.32 Å². The lowest BCUT2D eigenvalue weighted by molar-refractivity contribution is -0.126. The highest BCUT2D eigenvalue weighted by Crippen LogP contribution is 2.43. The molecule has 0 aliphatic carbocycles. The number of carbonyl (C=O) groups is 2. The van der Waals surface area contributed by atoms with Gasteiger partial charge in [-0.1, -0.05) is 35.7 Å². The average Bonchev–Trinajstić information content (AvgIpc) is 2.93. The van der Waals surface area contributed by atoms with E-state index in [-0.39, 0.29) is 5.91 Å². The van der Waals surface area contributed by atoms with E-state index in [9.17, 15) is 9.59 Å². The van der Waals surface area contributed by atoms with Crippen LogP contribution in [0.15, 0.2) is 60.7 Å². The summed E-state index contributed by atoms with van der Waals surface area (Å²) in [5.41, 5.74) is 2.03. The molecule has 0 aromatic heterocycles. The molecule has 2 amide bonds. The molecule has 210 valence electrons. The lowest BCUT2D eigenvalue weighted by Gasteiger charge is -2.33. The van der Waals surface area contributed by atoms with Crippen LogP contribution in [0.25, 0.3) is 0 Å². The molecule has 0 saturated heterocycles. The van der Waals surface area contributed by atoms with E-state index in [2.05, 4.69) is 17.2 Å². The van der Waals surface area contributed by atoms with Crippen LogP contribution in [0.3, 0.4) is 0 Å². The molecule has 3 rings (SSSR count). The maximum Gasteiger partial charge on any atom is 0.304 e. The van der Waals surface area contributed by atoms with E-state index in [1.807, 2.05) is 52.0 Å². The number of nitrogens with zero attached hydrogens (tertiary/aromatic N) is 1. The standard InChI is InChI=1S/C32H36N2O6/c1-21-9-14-23(15-10-21)29(31(36)33-32(2,3)4)34(24-19-26(38-6)30(40-8)27(20-24)39-7)28(35)18-13-22-11-16-25(37-5)17-12-22/h9-12,14-17,19-20,29H,1-8H3,(H,33,36). The minimum absolute atomic E-state index is 0.330. The zero-order valence-electron chi connectivity index (χ0n) is 24.2. The Morgan fingerprint density at radius 3 is 1.88 bits per heavy atom. The molecule has 1 N–H and O–H groups in total. The molecule has 1 unspecified atom stereocenters. The van der Waals surface area contributed by atoms with E-state index < -0.39 is 17.5 Å². The van der Waals surface area contributed by atoms with Gasteiger partial charge in [-0.2, -0.15) is 0 Å². The van der Waals surface area contributed by atoms with Crippen molar-refractivity contribution in [3.8, 4) is 34.8 Å². The minimum atomic E-state index is -1.06. The van der Waals surface area contributed by atoms with Crippen molar-refractivity contribution < 1.29 is 28.5 Å². The summed E-state index contributed by atoms with van der Waals surface area (Å²) in [6.07, 6.45) is 0. The third kappa shape index (κ3) is 7.26. The normalized spacial score (nSPS) is 11.4. The Kier molecular flexibility index (Phi) is 9.68. The molecule has 0 saturated carbocycles. The fourth-order valence-corrected chi connectivity index (χ4v) is 4.05. The van der Waals surface area contributed by atoms with Crippen LogP contribution in [0.2, 0.25) is 0 Å². The molecule has 3 aromatic rings. The molecule has 3 aromatic carbocycles. The van der Waals surface area contributed by atoms with Crippen LogP contribution >= 0.6 is 0 Å². The van der Waals surface area contributed by atoms with Crippen molar-refractivity contribution in [1.29, 1.82) is 0 Å². The Bertz CT molecular complexity index is 1370. The van der Waals surface area contributed by atoms with Gasteiger partial charge >= 0.3 is 5.91 Å². The van der Waals surface area contributed by atoms with Gasteiger partial charge in [-0.3, -0.25) is 14.5 Å². The third-order valence-corrected chi connectivity index (χ3v) is 5.95. The summed E-state index contributed by atoms with van der Waals surface area (Å²) in [7, 11) is 6.05. The summed E-state index contributed by atoms with van der Waals surface area (Å²) >= 11 is 0. The van der Waals surface area contributed by atoms with Crippen LogP contribution in [0.1, 0.15) is 43.5 Å². The lowest BCUT2D eigenvalue weighted by atomic mass is 9.99. The molecular formula is C32H36N2O6. The zero-order chi connectivity index (χ0) is 29.4. The van der Waals surface area contributed by atoms with Crippen molar-refractivity contribution in [3.63, 3.8) is 0 Å². The topological polar surface area (TPSA) is 86.3 Å². The SMILES string of the molecule is COc1ccc(C#CC(=O)N(c2cc(OC)c(OC)c(OC)c2)C(C(=O)NC(C)(C)C)c2ccc(C)cc2)cc1. The van der Waals surface area contributed by atoms with Crippen LogP contribution in [0, 0.1) is 18.8 Å². The number of methoxy groups -OCH3 is 4. The van der Waals surface area contributed by atoms with Crippen LogP contribution < -0.4 is 29.2 Å². The van der Waals surface area contributed by atoms with Crippen LogP contribution in [0.5, 0.6) is 23.0 Å². The Morgan fingerprint density at radius 2 is 1.40 bits per heavy atom. The van der Waals surface area contributed by atoms with Gasteiger partial charge in [-0.15, -0.1) is 0 Å². The Balaban J connectivity index is 2.25. The van der Waals surface area contributed by atoms with E-state index in [0.29, 0.717) is 39.8 Å². The maximum absolute atomic E-state index is 14.0. The molecule has 40 heavy (non-hydrogen) atoms. The first-order valence-electron chi connectivity index (χ1n) is 12.7. The van der Waals surface area contributed by atoms with Crippen molar-refractivity contribution >= 4 is 17.5 Å². The van der Waals surface area contributed by atoms with Gasteiger partial charge in [0, 0.05) is 29.2 Å². The zero-order valence-corrected chi connectivity index (χ0v) is 24.2. The molecule has 8 nitrogen and oxygen atoms in total. The number of carbonyl (C=O) groups excluding carboxylic acids is 2. The van der Waals surface area contributed by atoms with Crippen molar-refractivity contribution in [2.75, 3.05) is 33.3 Å². The van der Waals surface area contributed by atoms with Gasteiger partial charge in [0.1, 0.15) is 11.8 Å². The second kappa shape index (κ2) is 12.9. The lowest BCUT2D eigenvalue weighted by Crippen LogP contribution is -2.49. The minimum Gasteiger partial charge on any atom is -0.497 e. The molecule has 0 bridgehead atoms. The first kappa shape index (κ1) is 29.9. The highest BCUT2D eigenvalue weighted by molar-refractivity contribution is 6.10. The van der Waals surface area contributed by atoms with Crippen molar-refractivity contribution in [2.24, 2.45) is 0 Å². The molecule has 8 heteroatoms. The summed E-state index contributed by atoms with van der Waals surface area (Å²) in [4.78, 5) is 29.2.